The van der Waals surface area contributed by atoms with Crippen LogP contribution >= 0.6 is 0 Å². The monoisotopic (exact) mass is 416 g/mol. The third kappa shape index (κ3) is 4.20. The Morgan fingerprint density at radius 3 is 2.55 bits per heavy atom. The molecule has 1 aromatic carbocycles. The molecule has 2 aliphatic rings. The maximum atomic E-state index is 12.6. The third-order valence-electron chi connectivity index (χ3n) is 6.21. The maximum Gasteiger partial charge on any atom is 0.289 e. The van der Waals surface area contributed by atoms with E-state index in [1.807, 2.05) is 4.90 Å². The quantitative estimate of drug-likeness (QED) is 0.626. The number of rotatable bonds is 5. The Kier molecular flexibility index (Phi) is 5.22. The summed E-state index contributed by atoms with van der Waals surface area (Å²) in [6.07, 6.45) is 4.73. The number of furan rings is 1. The van der Waals surface area contributed by atoms with Crippen molar-refractivity contribution in [2.24, 2.45) is 0 Å². The first-order chi connectivity index (χ1) is 15.1. The zero-order valence-electron chi connectivity index (χ0n) is 18.2. The molecule has 2 aromatic heterocycles. The zero-order chi connectivity index (χ0) is 21.4. The van der Waals surface area contributed by atoms with Crippen LogP contribution in [0.5, 0.6) is 0 Å². The van der Waals surface area contributed by atoms with Crippen LogP contribution in [0.1, 0.15) is 57.5 Å². The molecule has 0 atom stereocenters. The van der Waals surface area contributed by atoms with E-state index in [-0.39, 0.29) is 5.91 Å². The molecule has 0 spiro atoms. The Balaban J connectivity index is 1.40. The third-order valence-corrected chi connectivity index (χ3v) is 6.21. The van der Waals surface area contributed by atoms with Crippen molar-refractivity contribution in [3.8, 4) is 0 Å². The lowest BCUT2D eigenvalue weighted by molar-refractivity contribution is 0.0714. The van der Waals surface area contributed by atoms with E-state index in [4.69, 9.17) is 14.4 Å². The van der Waals surface area contributed by atoms with Crippen LogP contribution in [-0.2, 0) is 6.42 Å². The Bertz CT molecular complexity index is 1080. The molecule has 1 aliphatic carbocycles. The molecule has 2 fully saturated rings. The Labute approximate surface area is 182 Å². The molecule has 1 saturated heterocycles. The number of aromatic nitrogens is 2. The summed E-state index contributed by atoms with van der Waals surface area (Å²) in [5.74, 6) is 2.90. The van der Waals surface area contributed by atoms with Crippen LogP contribution in [0, 0.1) is 13.8 Å². The molecular weight excluding hydrogens is 388 g/mol. The summed E-state index contributed by atoms with van der Waals surface area (Å²) in [5, 5.41) is 0. The van der Waals surface area contributed by atoms with Gasteiger partial charge in [-0.3, -0.25) is 4.79 Å². The number of carbonyl (C=O) groups is 1. The molecule has 160 valence electrons. The number of aryl methyl sites for hydroxylation is 2. The van der Waals surface area contributed by atoms with Gasteiger partial charge in [0.15, 0.2) is 5.76 Å². The van der Waals surface area contributed by atoms with Crippen molar-refractivity contribution in [2.45, 2.75) is 39.0 Å². The number of hydrogen-bond acceptors (Lipinski definition) is 5. The molecule has 0 radical (unpaired) electrons. The molecule has 0 N–H and O–H groups in total. The summed E-state index contributed by atoms with van der Waals surface area (Å²) in [5.41, 5.74) is 4.80. The van der Waals surface area contributed by atoms with Gasteiger partial charge in [0, 0.05) is 49.8 Å². The molecule has 0 bridgehead atoms. The van der Waals surface area contributed by atoms with Gasteiger partial charge in [-0.2, -0.15) is 0 Å². The van der Waals surface area contributed by atoms with Crippen molar-refractivity contribution < 1.29 is 9.21 Å². The molecule has 1 aliphatic heterocycles. The van der Waals surface area contributed by atoms with Gasteiger partial charge in [0.25, 0.3) is 5.91 Å². The fourth-order valence-electron chi connectivity index (χ4n) is 4.30. The normalized spacial score (nSPS) is 16.6. The van der Waals surface area contributed by atoms with Gasteiger partial charge in [-0.25, -0.2) is 9.97 Å². The predicted octanol–water partition coefficient (Wildman–Crippen LogP) is 4.12. The second kappa shape index (κ2) is 8.17. The van der Waals surface area contributed by atoms with Crippen molar-refractivity contribution in [3.63, 3.8) is 0 Å². The van der Waals surface area contributed by atoms with Crippen LogP contribution in [0.2, 0.25) is 0 Å². The molecule has 0 unspecified atom stereocenters. The number of amides is 1. The first kappa shape index (κ1) is 19.8. The van der Waals surface area contributed by atoms with Crippen LogP contribution in [0.4, 0.5) is 5.82 Å². The van der Waals surface area contributed by atoms with Gasteiger partial charge in [0.2, 0.25) is 0 Å². The second-order valence-electron chi connectivity index (χ2n) is 8.67. The van der Waals surface area contributed by atoms with Crippen molar-refractivity contribution in [3.05, 3.63) is 76.6 Å². The van der Waals surface area contributed by atoms with E-state index in [2.05, 4.69) is 43.0 Å². The number of benzene rings is 1. The van der Waals surface area contributed by atoms with Gasteiger partial charge in [-0.15, -0.1) is 0 Å². The van der Waals surface area contributed by atoms with Crippen molar-refractivity contribution in [1.82, 2.24) is 14.9 Å². The second-order valence-corrected chi connectivity index (χ2v) is 8.67. The molecule has 3 aromatic rings. The highest BCUT2D eigenvalue weighted by atomic mass is 16.3. The van der Waals surface area contributed by atoms with E-state index in [0.29, 0.717) is 24.8 Å². The van der Waals surface area contributed by atoms with E-state index >= 15 is 0 Å². The van der Waals surface area contributed by atoms with Crippen molar-refractivity contribution >= 4 is 11.7 Å². The molecule has 1 amide bonds. The number of carbonyl (C=O) groups excluding carboxylic acids is 1. The molecule has 5 rings (SSSR count). The summed E-state index contributed by atoms with van der Waals surface area (Å²) in [6, 6.07) is 12.1. The fourth-order valence-corrected chi connectivity index (χ4v) is 4.30. The average Bonchev–Trinajstić information content (AvgIpc) is 3.48. The minimum absolute atomic E-state index is 0.0397. The Morgan fingerprint density at radius 2 is 1.87 bits per heavy atom. The fraction of sp³-hybridized carbons (Fsp3) is 0.400. The predicted molar refractivity (Wildman–Crippen MR) is 120 cm³/mol. The van der Waals surface area contributed by atoms with Crippen LogP contribution < -0.4 is 4.90 Å². The van der Waals surface area contributed by atoms with Crippen LogP contribution in [-0.4, -0.2) is 47.0 Å². The minimum atomic E-state index is -0.0397. The maximum absolute atomic E-state index is 12.6. The molecular formula is C25H28N4O2. The summed E-state index contributed by atoms with van der Waals surface area (Å²) in [6.45, 7) is 7.07. The number of anilines is 1. The molecule has 31 heavy (non-hydrogen) atoms. The largest absolute Gasteiger partial charge is 0.459 e. The van der Waals surface area contributed by atoms with Gasteiger partial charge in [0.05, 0.1) is 6.26 Å². The zero-order valence-corrected chi connectivity index (χ0v) is 18.2. The molecule has 3 heterocycles. The molecule has 6 heteroatoms. The van der Waals surface area contributed by atoms with E-state index in [1.165, 1.54) is 29.5 Å². The summed E-state index contributed by atoms with van der Waals surface area (Å²) in [4.78, 5) is 26.8. The molecule has 1 saturated carbocycles. The van der Waals surface area contributed by atoms with Crippen LogP contribution in [0.25, 0.3) is 0 Å². The number of piperazine rings is 1. The first-order valence-electron chi connectivity index (χ1n) is 11.1. The van der Waals surface area contributed by atoms with E-state index < -0.39 is 0 Å². The van der Waals surface area contributed by atoms with Gasteiger partial charge in [-0.1, -0.05) is 29.8 Å². The Hall–Kier alpha value is -3.15. The average molecular weight is 417 g/mol. The van der Waals surface area contributed by atoms with Gasteiger partial charge in [0.1, 0.15) is 11.6 Å². The number of hydrogen-bond donors (Lipinski definition) is 0. The van der Waals surface area contributed by atoms with E-state index in [1.54, 1.807) is 18.4 Å². The minimum Gasteiger partial charge on any atom is -0.459 e. The van der Waals surface area contributed by atoms with Crippen LogP contribution in [0.3, 0.4) is 0 Å². The molecule has 6 nitrogen and oxygen atoms in total. The Morgan fingerprint density at radius 1 is 1.06 bits per heavy atom. The van der Waals surface area contributed by atoms with E-state index in [9.17, 15) is 4.79 Å². The van der Waals surface area contributed by atoms with Gasteiger partial charge < -0.3 is 14.2 Å². The lowest BCUT2D eigenvalue weighted by atomic mass is 10.0. The lowest BCUT2D eigenvalue weighted by Gasteiger charge is -2.36. The highest BCUT2D eigenvalue weighted by Crippen LogP contribution is 2.39. The van der Waals surface area contributed by atoms with Gasteiger partial charge in [-0.05, 0) is 44.4 Å². The summed E-state index contributed by atoms with van der Waals surface area (Å²) < 4.78 is 5.29. The SMILES string of the molecule is Cc1cccc(Cc2c(C)nc(C3CC3)nc2N2CCN(C(=O)c3ccco3)CC2)c1. The van der Waals surface area contributed by atoms with E-state index in [0.717, 1.165) is 36.8 Å². The number of nitrogens with zero attached hydrogens (tertiary/aromatic N) is 4. The highest BCUT2D eigenvalue weighted by molar-refractivity contribution is 5.91. The standard InChI is InChI=1S/C25H28N4O2/c1-17-5-3-6-19(15-17)16-21-18(2)26-23(20-8-9-20)27-24(21)28-10-12-29(13-11-28)25(30)22-7-4-14-31-22/h3-7,14-15,20H,8-13,16H2,1-2H3. The summed E-state index contributed by atoms with van der Waals surface area (Å²) >= 11 is 0. The highest BCUT2D eigenvalue weighted by Gasteiger charge is 2.31. The van der Waals surface area contributed by atoms with Crippen molar-refractivity contribution in [1.29, 1.82) is 0 Å². The van der Waals surface area contributed by atoms with Crippen molar-refractivity contribution in [2.75, 3.05) is 31.1 Å². The summed E-state index contributed by atoms with van der Waals surface area (Å²) in [7, 11) is 0. The topological polar surface area (TPSA) is 62.5 Å². The smallest absolute Gasteiger partial charge is 0.289 e. The lowest BCUT2D eigenvalue weighted by Crippen LogP contribution is -2.49. The van der Waals surface area contributed by atoms with Crippen LogP contribution in [0.15, 0.2) is 47.1 Å². The first-order valence-corrected chi connectivity index (χ1v) is 11.1. The van der Waals surface area contributed by atoms with Gasteiger partial charge >= 0.3 is 0 Å².